The van der Waals surface area contributed by atoms with Gasteiger partial charge in [0, 0.05) is 34.6 Å². The summed E-state index contributed by atoms with van der Waals surface area (Å²) in [6.45, 7) is 5.65. The number of pyridine rings is 1. The van der Waals surface area contributed by atoms with Gasteiger partial charge in [0.25, 0.3) is 0 Å². The van der Waals surface area contributed by atoms with Gasteiger partial charge < -0.3 is 5.32 Å². The van der Waals surface area contributed by atoms with Gasteiger partial charge in [-0.15, -0.1) is 10.2 Å². The number of amides is 1. The number of hydrogen-bond donors (Lipinski definition) is 1. The topological polar surface area (TPSA) is 85.1 Å². The van der Waals surface area contributed by atoms with Gasteiger partial charge in [-0.25, -0.2) is 0 Å². The Bertz CT molecular complexity index is 1140. The van der Waals surface area contributed by atoms with Gasteiger partial charge >= 0.3 is 0 Å². The molecule has 4 aromatic rings. The molecule has 0 saturated heterocycles. The van der Waals surface area contributed by atoms with Gasteiger partial charge in [0.15, 0.2) is 11.5 Å². The summed E-state index contributed by atoms with van der Waals surface area (Å²) in [5.74, 6) is 0.614. The summed E-state index contributed by atoms with van der Waals surface area (Å²) in [6.07, 6.45) is 3.42. The molecule has 0 aliphatic heterocycles. The van der Waals surface area contributed by atoms with Crippen molar-refractivity contribution in [3.63, 3.8) is 0 Å². The fraction of sp³-hybridized carbons (Fsp3) is 0.190. The Labute approximate surface area is 162 Å². The summed E-state index contributed by atoms with van der Waals surface area (Å²) >= 11 is 0. The molecule has 3 aromatic heterocycles. The Morgan fingerprint density at radius 2 is 1.75 bits per heavy atom. The Balaban J connectivity index is 1.72. The lowest BCUT2D eigenvalue weighted by molar-refractivity contribution is -0.123. The third kappa shape index (κ3) is 3.46. The second-order valence-corrected chi connectivity index (χ2v) is 7.53. The number of aromatic nitrogens is 5. The van der Waals surface area contributed by atoms with Gasteiger partial charge in [-0.1, -0.05) is 32.9 Å². The van der Waals surface area contributed by atoms with Crippen LogP contribution in [-0.2, 0) is 4.79 Å². The van der Waals surface area contributed by atoms with Crippen LogP contribution in [0.2, 0.25) is 0 Å². The van der Waals surface area contributed by atoms with Crippen molar-refractivity contribution in [3.05, 3.63) is 60.9 Å². The zero-order valence-electron chi connectivity index (χ0n) is 15.9. The highest BCUT2D eigenvalue weighted by molar-refractivity contribution is 5.95. The fourth-order valence-corrected chi connectivity index (χ4v) is 2.70. The van der Waals surface area contributed by atoms with Crippen LogP contribution in [0.4, 0.5) is 5.69 Å². The average molecular weight is 372 g/mol. The predicted octanol–water partition coefficient (Wildman–Crippen LogP) is 3.84. The van der Waals surface area contributed by atoms with E-state index in [0.717, 1.165) is 22.5 Å². The monoisotopic (exact) mass is 372 g/mol. The highest BCUT2D eigenvalue weighted by atomic mass is 16.2. The zero-order valence-corrected chi connectivity index (χ0v) is 15.9. The maximum atomic E-state index is 12.3. The molecule has 1 aromatic carbocycles. The van der Waals surface area contributed by atoms with Crippen LogP contribution < -0.4 is 5.32 Å². The predicted molar refractivity (Wildman–Crippen MR) is 108 cm³/mol. The van der Waals surface area contributed by atoms with Crippen molar-refractivity contribution in [2.45, 2.75) is 20.8 Å². The molecule has 28 heavy (non-hydrogen) atoms. The minimum atomic E-state index is -0.463. The Morgan fingerprint density at radius 1 is 0.964 bits per heavy atom. The number of carbonyl (C=O) groups excluding carboxylic acids is 1. The number of nitrogens with one attached hydrogen (secondary N) is 1. The molecule has 0 fully saturated rings. The second-order valence-electron chi connectivity index (χ2n) is 7.53. The smallest absolute Gasteiger partial charge is 0.229 e. The van der Waals surface area contributed by atoms with Crippen LogP contribution in [0, 0.1) is 5.41 Å². The number of anilines is 1. The Hall–Kier alpha value is -3.61. The summed E-state index contributed by atoms with van der Waals surface area (Å²) in [5.41, 5.74) is 3.47. The van der Waals surface area contributed by atoms with Crippen molar-refractivity contribution in [2.75, 3.05) is 5.32 Å². The van der Waals surface area contributed by atoms with Crippen LogP contribution in [-0.4, -0.2) is 30.7 Å². The van der Waals surface area contributed by atoms with Crippen LogP contribution >= 0.6 is 0 Å². The van der Waals surface area contributed by atoms with Crippen molar-refractivity contribution >= 4 is 17.2 Å². The lowest BCUT2D eigenvalue weighted by Crippen LogP contribution is -2.27. The van der Waals surface area contributed by atoms with E-state index in [4.69, 9.17) is 5.10 Å². The molecule has 140 valence electrons. The first-order valence-electron chi connectivity index (χ1n) is 8.96. The molecule has 0 atom stereocenters. The SMILES string of the molecule is CC(C)(C)C(=O)Nc1cccc(-c2ccc3nnc(-c4ccncc4)n3n2)c1. The molecule has 0 radical (unpaired) electrons. The molecule has 0 bridgehead atoms. The number of hydrogen-bond acceptors (Lipinski definition) is 5. The summed E-state index contributed by atoms with van der Waals surface area (Å²) in [7, 11) is 0. The van der Waals surface area contributed by atoms with Crippen molar-refractivity contribution in [1.82, 2.24) is 24.8 Å². The highest BCUT2D eigenvalue weighted by Gasteiger charge is 2.21. The standard InChI is InChI=1S/C21H20N6O/c1-21(2,3)20(28)23-16-6-4-5-15(13-16)17-7-8-18-24-25-19(27(18)26-17)14-9-11-22-12-10-14/h4-13H,1-3H3,(H,23,28). The van der Waals surface area contributed by atoms with E-state index < -0.39 is 5.41 Å². The first kappa shape index (κ1) is 17.8. The molecule has 7 heteroatoms. The van der Waals surface area contributed by atoms with Crippen molar-refractivity contribution in [1.29, 1.82) is 0 Å². The van der Waals surface area contributed by atoms with Crippen LogP contribution in [0.5, 0.6) is 0 Å². The average Bonchev–Trinajstić information content (AvgIpc) is 3.11. The number of rotatable bonds is 3. The van der Waals surface area contributed by atoms with E-state index in [1.807, 2.05) is 69.3 Å². The number of carbonyl (C=O) groups is 1. The van der Waals surface area contributed by atoms with Crippen molar-refractivity contribution in [2.24, 2.45) is 5.41 Å². The molecule has 0 aliphatic carbocycles. The van der Waals surface area contributed by atoms with E-state index in [1.54, 1.807) is 16.9 Å². The van der Waals surface area contributed by atoms with Crippen LogP contribution in [0.1, 0.15) is 20.8 Å². The second kappa shape index (κ2) is 6.84. The summed E-state index contributed by atoms with van der Waals surface area (Å²) < 4.78 is 1.71. The molecular weight excluding hydrogens is 352 g/mol. The maximum absolute atomic E-state index is 12.3. The van der Waals surface area contributed by atoms with Crippen LogP contribution in [0.25, 0.3) is 28.3 Å². The molecule has 0 spiro atoms. The van der Waals surface area contributed by atoms with E-state index >= 15 is 0 Å². The molecule has 3 heterocycles. The third-order valence-corrected chi connectivity index (χ3v) is 4.30. The van der Waals surface area contributed by atoms with Gasteiger partial charge in [0.1, 0.15) is 0 Å². The molecule has 4 rings (SSSR count). The van der Waals surface area contributed by atoms with E-state index in [1.165, 1.54) is 0 Å². The maximum Gasteiger partial charge on any atom is 0.229 e. The minimum Gasteiger partial charge on any atom is -0.326 e. The molecule has 1 amide bonds. The molecule has 7 nitrogen and oxygen atoms in total. The third-order valence-electron chi connectivity index (χ3n) is 4.30. The summed E-state index contributed by atoms with van der Waals surface area (Å²) in [6, 6.07) is 15.1. The first-order chi connectivity index (χ1) is 13.4. The van der Waals surface area contributed by atoms with Gasteiger partial charge in [-0.3, -0.25) is 9.78 Å². The summed E-state index contributed by atoms with van der Waals surface area (Å²) in [5, 5.41) is 16.1. The highest BCUT2D eigenvalue weighted by Crippen LogP contribution is 2.24. The van der Waals surface area contributed by atoms with Gasteiger partial charge in [-0.05, 0) is 36.4 Å². The molecule has 0 saturated carbocycles. The van der Waals surface area contributed by atoms with Crippen LogP contribution in [0.15, 0.2) is 60.9 Å². The Kier molecular flexibility index (Phi) is 4.35. The number of fused-ring (bicyclic) bond motifs is 1. The van der Waals surface area contributed by atoms with Gasteiger partial charge in [0.05, 0.1) is 5.69 Å². The Morgan fingerprint density at radius 3 is 2.50 bits per heavy atom. The minimum absolute atomic E-state index is 0.0353. The van der Waals surface area contributed by atoms with Crippen molar-refractivity contribution < 1.29 is 4.79 Å². The quantitative estimate of drug-likeness (QED) is 0.591. The van der Waals surface area contributed by atoms with Gasteiger partial charge in [-0.2, -0.15) is 9.61 Å². The fourth-order valence-electron chi connectivity index (χ4n) is 2.70. The number of benzene rings is 1. The van der Waals surface area contributed by atoms with E-state index in [0.29, 0.717) is 11.5 Å². The molecule has 0 aliphatic rings. The van der Waals surface area contributed by atoms with E-state index in [9.17, 15) is 4.79 Å². The molecule has 1 N–H and O–H groups in total. The normalized spacial score (nSPS) is 11.5. The zero-order chi connectivity index (χ0) is 19.7. The molecular formula is C21H20N6O. The van der Waals surface area contributed by atoms with Crippen LogP contribution in [0.3, 0.4) is 0 Å². The van der Waals surface area contributed by atoms with E-state index in [2.05, 4.69) is 20.5 Å². The van der Waals surface area contributed by atoms with Crippen molar-refractivity contribution in [3.8, 4) is 22.6 Å². The molecule has 0 unspecified atom stereocenters. The lowest BCUT2D eigenvalue weighted by atomic mass is 9.95. The lowest BCUT2D eigenvalue weighted by Gasteiger charge is -2.18. The van der Waals surface area contributed by atoms with Gasteiger partial charge in [0.2, 0.25) is 5.91 Å². The van der Waals surface area contributed by atoms with E-state index in [-0.39, 0.29) is 5.91 Å². The summed E-state index contributed by atoms with van der Waals surface area (Å²) in [4.78, 5) is 16.3. The first-order valence-corrected chi connectivity index (χ1v) is 8.96. The number of nitrogens with zero attached hydrogens (tertiary/aromatic N) is 5. The largest absolute Gasteiger partial charge is 0.326 e.